The van der Waals surface area contributed by atoms with E-state index < -0.39 is 0 Å². The van der Waals surface area contributed by atoms with Crippen LogP contribution in [0.15, 0.2) is 52.1 Å². The van der Waals surface area contributed by atoms with Crippen LogP contribution >= 0.6 is 24.0 Å². The normalized spacial score (nSPS) is 16.1. The molecule has 1 aromatic heterocycles. The highest BCUT2D eigenvalue weighted by Gasteiger charge is 2.12. The summed E-state index contributed by atoms with van der Waals surface area (Å²) in [4.78, 5) is 9.66. The van der Waals surface area contributed by atoms with E-state index in [1.165, 1.54) is 30.6 Å². The molecule has 2 heterocycles. The third kappa shape index (κ3) is 8.36. The summed E-state index contributed by atoms with van der Waals surface area (Å²) in [5.41, 5.74) is 2.59. The van der Waals surface area contributed by atoms with E-state index in [2.05, 4.69) is 63.7 Å². The number of benzene rings is 1. The molecule has 2 aromatic rings. The van der Waals surface area contributed by atoms with E-state index in [0.717, 1.165) is 37.9 Å². The molecule has 1 fully saturated rings. The highest BCUT2D eigenvalue weighted by Crippen LogP contribution is 2.11. The van der Waals surface area contributed by atoms with Crippen molar-refractivity contribution < 1.29 is 4.42 Å². The lowest BCUT2D eigenvalue weighted by Crippen LogP contribution is -2.36. The van der Waals surface area contributed by atoms with Crippen LogP contribution in [0.2, 0.25) is 0 Å². The average Bonchev–Trinajstić information content (AvgIpc) is 3.14. The molecule has 0 bridgehead atoms. The Kier molecular flexibility index (Phi) is 10.5. The minimum atomic E-state index is 0. The first-order valence-corrected chi connectivity index (χ1v) is 10.3. The lowest BCUT2D eigenvalue weighted by atomic mass is 10.1. The fourth-order valence-corrected chi connectivity index (χ4v) is 3.36. The highest BCUT2D eigenvalue weighted by molar-refractivity contribution is 14.0. The number of hydrogen-bond donors (Lipinski definition) is 2. The molecule has 0 spiro atoms. The summed E-state index contributed by atoms with van der Waals surface area (Å²) < 4.78 is 5.36. The van der Waals surface area contributed by atoms with Gasteiger partial charge in [-0.2, -0.15) is 0 Å². The molecule has 1 aliphatic heterocycles. The van der Waals surface area contributed by atoms with E-state index in [0.29, 0.717) is 13.1 Å². The van der Waals surface area contributed by atoms with Gasteiger partial charge < -0.3 is 20.0 Å². The van der Waals surface area contributed by atoms with E-state index in [-0.39, 0.29) is 24.0 Å². The number of likely N-dealkylation sites (N-methyl/N-ethyl adjacent to an activating group) is 1. The van der Waals surface area contributed by atoms with Crippen molar-refractivity contribution in [2.75, 3.05) is 39.8 Å². The Morgan fingerprint density at radius 3 is 2.55 bits per heavy atom. The van der Waals surface area contributed by atoms with Crippen LogP contribution in [-0.4, -0.2) is 55.5 Å². The van der Waals surface area contributed by atoms with Crippen LogP contribution in [-0.2, 0) is 19.6 Å². The first kappa shape index (κ1) is 23.7. The Labute approximate surface area is 191 Å². The third-order valence-corrected chi connectivity index (χ3v) is 5.02. The number of halogens is 1. The molecule has 0 aliphatic carbocycles. The molecule has 0 amide bonds. The summed E-state index contributed by atoms with van der Waals surface area (Å²) >= 11 is 0. The number of nitrogens with one attached hydrogen (secondary N) is 2. The molecule has 1 aliphatic rings. The maximum Gasteiger partial charge on any atom is 0.191 e. The second-order valence-corrected chi connectivity index (χ2v) is 7.38. The highest BCUT2D eigenvalue weighted by atomic mass is 127. The van der Waals surface area contributed by atoms with Gasteiger partial charge in [-0.1, -0.05) is 24.3 Å². The van der Waals surface area contributed by atoms with Gasteiger partial charge in [-0.15, -0.1) is 24.0 Å². The summed E-state index contributed by atoms with van der Waals surface area (Å²) in [7, 11) is 2.21. The van der Waals surface area contributed by atoms with Crippen molar-refractivity contribution in [2.45, 2.75) is 33.0 Å². The quantitative estimate of drug-likeness (QED) is 0.340. The van der Waals surface area contributed by atoms with Gasteiger partial charge in [0.2, 0.25) is 0 Å². The van der Waals surface area contributed by atoms with Gasteiger partial charge in [0.25, 0.3) is 0 Å². The van der Waals surface area contributed by atoms with Crippen molar-refractivity contribution in [3.63, 3.8) is 0 Å². The first-order chi connectivity index (χ1) is 13.7. The number of nitrogens with zero attached hydrogens (tertiary/aromatic N) is 3. The second-order valence-electron chi connectivity index (χ2n) is 7.38. The third-order valence-electron chi connectivity index (χ3n) is 5.02. The summed E-state index contributed by atoms with van der Waals surface area (Å²) in [5, 5.41) is 6.58. The molecule has 7 heteroatoms. The zero-order valence-corrected chi connectivity index (χ0v) is 19.9. The average molecular weight is 511 g/mol. The van der Waals surface area contributed by atoms with Gasteiger partial charge in [0.1, 0.15) is 5.76 Å². The van der Waals surface area contributed by atoms with E-state index >= 15 is 0 Å². The van der Waals surface area contributed by atoms with Gasteiger partial charge in [0, 0.05) is 26.2 Å². The van der Waals surface area contributed by atoms with Crippen molar-refractivity contribution in [1.29, 1.82) is 0 Å². The SMILES string of the molecule is CCNC(=NCc1ccc(CN2CCCN(C)CC2)cc1)NCc1ccco1.I. The molecular formula is C22H34IN5O. The van der Waals surface area contributed by atoms with Crippen LogP contribution in [0.1, 0.15) is 30.2 Å². The first-order valence-electron chi connectivity index (χ1n) is 10.3. The Bertz CT molecular complexity index is 717. The molecule has 6 nitrogen and oxygen atoms in total. The predicted octanol–water partition coefficient (Wildman–Crippen LogP) is 3.29. The maximum atomic E-state index is 5.36. The molecule has 2 N–H and O–H groups in total. The van der Waals surface area contributed by atoms with Crippen molar-refractivity contribution in [3.8, 4) is 0 Å². The lowest BCUT2D eigenvalue weighted by Gasteiger charge is -2.20. The van der Waals surface area contributed by atoms with Crippen LogP contribution in [0.3, 0.4) is 0 Å². The van der Waals surface area contributed by atoms with E-state index in [9.17, 15) is 0 Å². The smallest absolute Gasteiger partial charge is 0.191 e. The summed E-state index contributed by atoms with van der Waals surface area (Å²) in [6.45, 7) is 9.91. The molecule has 3 rings (SSSR count). The Morgan fingerprint density at radius 1 is 1.03 bits per heavy atom. The molecule has 0 atom stereocenters. The molecule has 29 heavy (non-hydrogen) atoms. The molecule has 0 radical (unpaired) electrons. The molecule has 0 saturated carbocycles. The van der Waals surface area contributed by atoms with E-state index in [1.54, 1.807) is 6.26 Å². The second kappa shape index (κ2) is 12.9. The number of aliphatic imine (C=N–C) groups is 1. The van der Waals surface area contributed by atoms with Crippen LogP contribution in [0, 0.1) is 0 Å². The Morgan fingerprint density at radius 2 is 1.83 bits per heavy atom. The van der Waals surface area contributed by atoms with Crippen molar-refractivity contribution >= 4 is 29.9 Å². The van der Waals surface area contributed by atoms with Crippen molar-refractivity contribution in [1.82, 2.24) is 20.4 Å². The van der Waals surface area contributed by atoms with Crippen LogP contribution in [0.5, 0.6) is 0 Å². The zero-order valence-electron chi connectivity index (χ0n) is 17.6. The predicted molar refractivity (Wildman–Crippen MR) is 130 cm³/mol. The van der Waals surface area contributed by atoms with Gasteiger partial charge in [0.15, 0.2) is 5.96 Å². The van der Waals surface area contributed by atoms with Crippen molar-refractivity contribution in [2.24, 2.45) is 4.99 Å². The Balaban J connectivity index is 0.00000300. The monoisotopic (exact) mass is 511 g/mol. The fraction of sp³-hybridized carbons (Fsp3) is 0.500. The summed E-state index contributed by atoms with van der Waals surface area (Å²) in [6.07, 6.45) is 2.94. The molecule has 0 unspecified atom stereocenters. The molecule has 1 saturated heterocycles. The van der Waals surface area contributed by atoms with Crippen LogP contribution in [0.25, 0.3) is 0 Å². The van der Waals surface area contributed by atoms with Gasteiger partial charge in [-0.3, -0.25) is 4.90 Å². The standard InChI is InChI=1S/C22H33N5O.HI/c1-3-23-22(25-17-21-6-4-15-28-21)24-16-19-7-9-20(10-8-19)18-27-12-5-11-26(2)13-14-27;/h4,6-10,15H,3,5,11-14,16-18H2,1-2H3,(H2,23,24,25);1H. The Hall–Kier alpha value is -1.58. The van der Waals surface area contributed by atoms with E-state index in [4.69, 9.17) is 4.42 Å². The summed E-state index contributed by atoms with van der Waals surface area (Å²) in [5.74, 6) is 1.70. The number of furan rings is 1. The van der Waals surface area contributed by atoms with Crippen LogP contribution < -0.4 is 10.6 Å². The molecule has 160 valence electrons. The largest absolute Gasteiger partial charge is 0.467 e. The van der Waals surface area contributed by atoms with Crippen LogP contribution in [0.4, 0.5) is 0 Å². The minimum absolute atomic E-state index is 0. The van der Waals surface area contributed by atoms with Crippen molar-refractivity contribution in [3.05, 3.63) is 59.5 Å². The zero-order chi connectivity index (χ0) is 19.6. The van der Waals surface area contributed by atoms with Gasteiger partial charge in [0.05, 0.1) is 19.4 Å². The number of rotatable bonds is 7. The van der Waals surface area contributed by atoms with Gasteiger partial charge >= 0.3 is 0 Å². The fourth-order valence-electron chi connectivity index (χ4n) is 3.36. The number of hydrogen-bond acceptors (Lipinski definition) is 4. The maximum absolute atomic E-state index is 5.36. The lowest BCUT2D eigenvalue weighted by molar-refractivity contribution is 0.269. The van der Waals surface area contributed by atoms with Gasteiger partial charge in [-0.25, -0.2) is 4.99 Å². The minimum Gasteiger partial charge on any atom is -0.467 e. The number of guanidine groups is 1. The van der Waals surface area contributed by atoms with E-state index in [1.807, 2.05) is 12.1 Å². The van der Waals surface area contributed by atoms with Gasteiger partial charge in [-0.05, 0) is 56.7 Å². The molecular weight excluding hydrogens is 477 g/mol. The summed E-state index contributed by atoms with van der Waals surface area (Å²) in [6, 6.07) is 12.7. The molecule has 1 aromatic carbocycles. The topological polar surface area (TPSA) is 56.0 Å².